The molecule has 0 aliphatic carbocycles. The molecule has 4 nitrogen and oxygen atoms in total. The Kier molecular flexibility index (Phi) is 4.58. The summed E-state index contributed by atoms with van der Waals surface area (Å²) in [5.41, 5.74) is 2.15. The van der Waals surface area contributed by atoms with Gasteiger partial charge in [-0.15, -0.1) is 0 Å². The molecule has 1 aliphatic rings. The molecule has 0 saturated heterocycles. The lowest BCUT2D eigenvalue weighted by Crippen LogP contribution is -2.19. The molecule has 0 aromatic heterocycles. The van der Waals surface area contributed by atoms with Crippen molar-refractivity contribution in [3.8, 4) is 11.5 Å². The third-order valence-corrected chi connectivity index (χ3v) is 4.48. The van der Waals surface area contributed by atoms with Crippen LogP contribution in [-0.2, 0) is 16.0 Å². The second-order valence-corrected chi connectivity index (χ2v) is 5.55. The average Bonchev–Trinajstić information content (AvgIpc) is 2.45. The van der Waals surface area contributed by atoms with Gasteiger partial charge in [0.1, 0.15) is 5.25 Å². The first kappa shape index (κ1) is 14.1. The summed E-state index contributed by atoms with van der Waals surface area (Å²) in [5, 5.41) is -0.205. The third kappa shape index (κ3) is 2.81. The van der Waals surface area contributed by atoms with Gasteiger partial charge in [-0.3, -0.25) is 4.79 Å². The maximum absolute atomic E-state index is 12.0. The van der Waals surface area contributed by atoms with Gasteiger partial charge >= 0.3 is 5.97 Å². The molecule has 1 aliphatic heterocycles. The number of fused-ring (bicyclic) bond motifs is 1. The summed E-state index contributed by atoms with van der Waals surface area (Å²) in [6.45, 7) is 2.24. The number of carbonyl (C=O) groups excluding carboxylic acids is 1. The second-order valence-electron chi connectivity index (χ2n) is 4.22. The Bertz CT molecular complexity index is 473. The molecule has 1 radical (unpaired) electrons. The standard InChI is InChI=1S/C14H19O4S/c1-4-18-14(15)13-10-8-12(17-3)11(16-2)7-9(10)5-6-19-13/h7-8,13,19H,4-6H2,1-3H3. The first-order valence-corrected chi connectivity index (χ1v) is 7.44. The van der Waals surface area contributed by atoms with Crippen molar-refractivity contribution in [3.05, 3.63) is 23.3 Å². The highest BCUT2D eigenvalue weighted by molar-refractivity contribution is 8.00. The molecular formula is C14H19O4S. The topological polar surface area (TPSA) is 44.8 Å². The van der Waals surface area contributed by atoms with Crippen LogP contribution in [0.25, 0.3) is 0 Å². The van der Waals surface area contributed by atoms with Crippen molar-refractivity contribution in [3.63, 3.8) is 0 Å². The molecule has 1 heterocycles. The van der Waals surface area contributed by atoms with Crippen LogP contribution in [-0.4, -0.2) is 32.5 Å². The van der Waals surface area contributed by atoms with Crippen molar-refractivity contribution in [2.24, 2.45) is 0 Å². The summed E-state index contributed by atoms with van der Waals surface area (Å²) < 4.78 is 15.8. The lowest BCUT2D eigenvalue weighted by molar-refractivity contribution is -0.142. The number of thiol groups is 1. The number of ether oxygens (including phenoxy) is 3. The molecule has 1 atom stereocenters. The SMILES string of the molecule is CCOC(=O)C1[SH]CCc2cc(OC)c(OC)cc21. The lowest BCUT2D eigenvalue weighted by Gasteiger charge is -2.26. The van der Waals surface area contributed by atoms with E-state index in [0.29, 0.717) is 18.1 Å². The molecule has 0 bridgehead atoms. The van der Waals surface area contributed by atoms with E-state index in [4.69, 9.17) is 14.2 Å². The first-order chi connectivity index (χ1) is 9.21. The van der Waals surface area contributed by atoms with E-state index >= 15 is 0 Å². The fraction of sp³-hybridized carbons (Fsp3) is 0.500. The Balaban J connectivity index is 2.40. The van der Waals surface area contributed by atoms with E-state index < -0.39 is 0 Å². The van der Waals surface area contributed by atoms with Crippen LogP contribution in [0.3, 0.4) is 0 Å². The predicted octanol–water partition coefficient (Wildman–Crippen LogP) is 2.33. The van der Waals surface area contributed by atoms with Gasteiger partial charge in [0.25, 0.3) is 0 Å². The van der Waals surface area contributed by atoms with Crippen molar-refractivity contribution in [2.75, 3.05) is 26.6 Å². The number of esters is 1. The molecule has 1 aromatic carbocycles. The fourth-order valence-electron chi connectivity index (χ4n) is 2.24. The number of hydrogen-bond donors (Lipinski definition) is 1. The third-order valence-electron chi connectivity index (χ3n) is 3.14. The summed E-state index contributed by atoms with van der Waals surface area (Å²) in [5.74, 6) is 2.18. The summed E-state index contributed by atoms with van der Waals surface area (Å²) in [6, 6.07) is 3.87. The van der Waals surface area contributed by atoms with Crippen molar-refractivity contribution in [1.29, 1.82) is 0 Å². The molecule has 0 saturated carbocycles. The first-order valence-electron chi connectivity index (χ1n) is 6.29. The number of carbonyl (C=O) groups is 1. The number of methoxy groups -OCH3 is 2. The van der Waals surface area contributed by atoms with E-state index in [2.05, 4.69) is 0 Å². The van der Waals surface area contributed by atoms with Gasteiger partial charge < -0.3 is 14.2 Å². The van der Waals surface area contributed by atoms with Gasteiger partial charge in [-0.05, 0) is 42.4 Å². The molecule has 105 valence electrons. The van der Waals surface area contributed by atoms with E-state index in [1.807, 2.05) is 19.1 Å². The van der Waals surface area contributed by atoms with E-state index in [1.54, 1.807) is 14.2 Å². The zero-order valence-electron chi connectivity index (χ0n) is 11.4. The van der Waals surface area contributed by atoms with Crippen LogP contribution in [0.1, 0.15) is 23.3 Å². The molecule has 1 unspecified atom stereocenters. The molecule has 0 amide bonds. The molecule has 2 rings (SSSR count). The zero-order chi connectivity index (χ0) is 13.8. The highest BCUT2D eigenvalue weighted by Crippen LogP contribution is 2.42. The number of hydrogen-bond acceptors (Lipinski definition) is 4. The van der Waals surface area contributed by atoms with Gasteiger partial charge in [0.15, 0.2) is 11.5 Å². The predicted molar refractivity (Wildman–Crippen MR) is 76.5 cm³/mol. The number of rotatable bonds is 4. The summed E-state index contributed by atoms with van der Waals surface area (Å²) in [6.07, 6.45) is 0.952. The van der Waals surface area contributed by atoms with Crippen molar-refractivity contribution < 1.29 is 19.0 Å². The highest BCUT2D eigenvalue weighted by Gasteiger charge is 2.29. The highest BCUT2D eigenvalue weighted by atomic mass is 32.2. The second kappa shape index (κ2) is 6.19. The molecule has 5 heteroatoms. The van der Waals surface area contributed by atoms with Crippen molar-refractivity contribution in [2.45, 2.75) is 18.6 Å². The van der Waals surface area contributed by atoms with Gasteiger partial charge in [-0.1, -0.05) is 0 Å². The van der Waals surface area contributed by atoms with Gasteiger partial charge in [-0.2, -0.15) is 0 Å². The Morgan fingerprint density at radius 2 is 2.00 bits per heavy atom. The van der Waals surface area contributed by atoms with E-state index in [0.717, 1.165) is 35.1 Å². The maximum Gasteiger partial charge on any atom is 0.322 e. The lowest BCUT2D eigenvalue weighted by atomic mass is 10.0. The van der Waals surface area contributed by atoms with Crippen LogP contribution in [0, 0.1) is 0 Å². The normalized spacial score (nSPS) is 17.5. The number of benzene rings is 1. The quantitative estimate of drug-likeness (QED) is 0.680. The summed E-state index contributed by atoms with van der Waals surface area (Å²) in [4.78, 5) is 12.0. The minimum atomic E-state index is -0.205. The van der Waals surface area contributed by atoms with Crippen LogP contribution in [0.4, 0.5) is 0 Å². The van der Waals surface area contributed by atoms with E-state index in [1.165, 1.54) is 0 Å². The maximum atomic E-state index is 12.0. The minimum Gasteiger partial charge on any atom is -0.493 e. The fourth-order valence-corrected chi connectivity index (χ4v) is 3.53. The Morgan fingerprint density at radius 1 is 1.32 bits per heavy atom. The average molecular weight is 283 g/mol. The zero-order valence-corrected chi connectivity index (χ0v) is 12.3. The molecule has 0 fully saturated rings. The Labute approximate surface area is 117 Å². The largest absolute Gasteiger partial charge is 0.493 e. The van der Waals surface area contributed by atoms with E-state index in [9.17, 15) is 4.79 Å². The van der Waals surface area contributed by atoms with Crippen LogP contribution < -0.4 is 9.47 Å². The molecule has 0 N–H and O–H groups in total. The van der Waals surface area contributed by atoms with Gasteiger partial charge in [0.2, 0.25) is 0 Å². The monoisotopic (exact) mass is 283 g/mol. The van der Waals surface area contributed by atoms with Gasteiger partial charge in [0, 0.05) is 0 Å². The molecular weight excluding hydrogens is 264 g/mol. The summed E-state index contributed by atoms with van der Waals surface area (Å²) >= 11 is 1.09. The van der Waals surface area contributed by atoms with Crippen LogP contribution in [0.5, 0.6) is 11.5 Å². The van der Waals surface area contributed by atoms with Crippen molar-refractivity contribution >= 4 is 17.7 Å². The Morgan fingerprint density at radius 3 is 2.63 bits per heavy atom. The minimum absolute atomic E-state index is 0.155. The van der Waals surface area contributed by atoms with Gasteiger partial charge in [-0.25, -0.2) is 11.8 Å². The van der Waals surface area contributed by atoms with Crippen LogP contribution >= 0.6 is 11.8 Å². The summed E-state index contributed by atoms with van der Waals surface area (Å²) in [7, 11) is 3.22. The van der Waals surface area contributed by atoms with Crippen LogP contribution in [0.15, 0.2) is 12.1 Å². The molecule has 0 spiro atoms. The van der Waals surface area contributed by atoms with Crippen LogP contribution in [0.2, 0.25) is 0 Å². The Hall–Kier alpha value is -1.36. The molecule has 19 heavy (non-hydrogen) atoms. The number of aryl methyl sites for hydroxylation is 1. The molecule has 1 aromatic rings. The van der Waals surface area contributed by atoms with E-state index in [-0.39, 0.29) is 11.2 Å². The van der Waals surface area contributed by atoms with Crippen molar-refractivity contribution in [1.82, 2.24) is 0 Å². The van der Waals surface area contributed by atoms with Gasteiger partial charge in [0.05, 0.1) is 20.8 Å². The smallest absolute Gasteiger partial charge is 0.322 e.